The van der Waals surface area contributed by atoms with Crippen molar-refractivity contribution in [2.24, 2.45) is 5.73 Å². The van der Waals surface area contributed by atoms with Crippen LogP contribution >= 0.6 is 12.4 Å². The summed E-state index contributed by atoms with van der Waals surface area (Å²) in [5, 5.41) is 3.07. The summed E-state index contributed by atoms with van der Waals surface area (Å²) < 4.78 is 0. The Balaban J connectivity index is 0.00000242. The highest BCUT2D eigenvalue weighted by Crippen LogP contribution is 2.05. The van der Waals surface area contributed by atoms with Crippen molar-refractivity contribution >= 4 is 18.3 Å². The zero-order chi connectivity index (χ0) is 15.2. The van der Waals surface area contributed by atoms with E-state index in [1.807, 2.05) is 24.3 Å². The highest BCUT2D eigenvalue weighted by molar-refractivity contribution is 5.94. The fourth-order valence-electron chi connectivity index (χ4n) is 2.56. The van der Waals surface area contributed by atoms with Crippen molar-refractivity contribution in [2.75, 3.05) is 39.8 Å². The predicted octanol–water partition coefficient (Wildman–Crippen LogP) is 0.933. The van der Waals surface area contributed by atoms with Gasteiger partial charge in [-0.25, -0.2) is 0 Å². The summed E-state index contributed by atoms with van der Waals surface area (Å²) in [7, 11) is 2.15. The van der Waals surface area contributed by atoms with Gasteiger partial charge < -0.3 is 16.0 Å². The Hall–Kier alpha value is -1.14. The second kappa shape index (κ2) is 9.10. The summed E-state index contributed by atoms with van der Waals surface area (Å²) in [5.74, 6) is -0.0137. The largest absolute Gasteiger partial charge is 0.348 e. The number of hydrogen-bond donors (Lipinski definition) is 2. The number of rotatable bonds is 5. The number of nitrogens with two attached hydrogens (primary N) is 1. The van der Waals surface area contributed by atoms with Gasteiger partial charge in [-0.15, -0.1) is 12.4 Å². The summed E-state index contributed by atoms with van der Waals surface area (Å²) in [6.45, 7) is 7.80. The van der Waals surface area contributed by atoms with Crippen LogP contribution in [0, 0.1) is 0 Å². The first-order chi connectivity index (χ1) is 10.1. The zero-order valence-corrected chi connectivity index (χ0v) is 14.2. The predicted molar refractivity (Wildman–Crippen MR) is 92.4 cm³/mol. The smallest absolute Gasteiger partial charge is 0.251 e. The molecular weight excluding hydrogens is 300 g/mol. The van der Waals surface area contributed by atoms with Crippen molar-refractivity contribution in [3.05, 3.63) is 35.4 Å². The van der Waals surface area contributed by atoms with Crippen LogP contribution in [-0.2, 0) is 6.54 Å². The molecule has 1 fully saturated rings. The molecule has 1 saturated heterocycles. The minimum Gasteiger partial charge on any atom is -0.348 e. The van der Waals surface area contributed by atoms with Crippen molar-refractivity contribution in [2.45, 2.75) is 19.5 Å². The molecular formula is C16H27ClN4O. The molecule has 22 heavy (non-hydrogen) atoms. The number of carbonyl (C=O) groups is 1. The molecule has 1 unspecified atom stereocenters. The highest BCUT2D eigenvalue weighted by atomic mass is 35.5. The number of benzene rings is 1. The van der Waals surface area contributed by atoms with E-state index in [0.717, 1.165) is 38.3 Å². The van der Waals surface area contributed by atoms with Crippen LogP contribution < -0.4 is 11.1 Å². The fourth-order valence-corrected chi connectivity index (χ4v) is 2.56. The molecule has 1 aromatic rings. The van der Waals surface area contributed by atoms with Crippen LogP contribution in [0.25, 0.3) is 0 Å². The summed E-state index contributed by atoms with van der Waals surface area (Å²) in [6, 6.07) is 7.62. The zero-order valence-electron chi connectivity index (χ0n) is 13.4. The molecule has 2 rings (SSSR count). The molecule has 5 nitrogen and oxygen atoms in total. The Morgan fingerprint density at radius 1 is 1.23 bits per heavy atom. The number of carbonyl (C=O) groups excluding carboxylic acids is 1. The Labute approximate surface area is 139 Å². The van der Waals surface area contributed by atoms with E-state index in [4.69, 9.17) is 5.73 Å². The van der Waals surface area contributed by atoms with E-state index in [9.17, 15) is 4.79 Å². The third-order valence-corrected chi connectivity index (χ3v) is 3.96. The van der Waals surface area contributed by atoms with Crippen molar-refractivity contribution in [3.63, 3.8) is 0 Å². The Bertz CT molecular complexity index is 458. The van der Waals surface area contributed by atoms with E-state index in [1.165, 1.54) is 0 Å². The molecule has 0 aliphatic carbocycles. The highest BCUT2D eigenvalue weighted by Gasteiger charge is 2.17. The van der Waals surface area contributed by atoms with E-state index in [2.05, 4.69) is 29.1 Å². The third kappa shape index (κ3) is 5.57. The second-order valence-electron chi connectivity index (χ2n) is 5.88. The third-order valence-electron chi connectivity index (χ3n) is 3.96. The summed E-state index contributed by atoms with van der Waals surface area (Å²) >= 11 is 0. The SMILES string of the molecule is CC(CN1CCN(C)CC1)NC(=O)c1ccc(CN)cc1.Cl. The maximum Gasteiger partial charge on any atom is 0.251 e. The van der Waals surface area contributed by atoms with Crippen LogP contribution in [0.5, 0.6) is 0 Å². The van der Waals surface area contributed by atoms with E-state index < -0.39 is 0 Å². The van der Waals surface area contributed by atoms with Gasteiger partial charge in [0.25, 0.3) is 5.91 Å². The van der Waals surface area contributed by atoms with Crippen LogP contribution in [0.3, 0.4) is 0 Å². The molecule has 3 N–H and O–H groups in total. The topological polar surface area (TPSA) is 61.6 Å². The van der Waals surface area contributed by atoms with Gasteiger partial charge in [-0.05, 0) is 31.7 Å². The van der Waals surface area contributed by atoms with Crippen LogP contribution in [0.2, 0.25) is 0 Å². The first-order valence-electron chi connectivity index (χ1n) is 7.59. The molecule has 0 saturated carbocycles. The van der Waals surface area contributed by atoms with Gasteiger partial charge >= 0.3 is 0 Å². The number of nitrogens with zero attached hydrogens (tertiary/aromatic N) is 2. The van der Waals surface area contributed by atoms with Crippen LogP contribution in [0.4, 0.5) is 0 Å². The van der Waals surface area contributed by atoms with Gasteiger partial charge in [0.1, 0.15) is 0 Å². The van der Waals surface area contributed by atoms with E-state index in [-0.39, 0.29) is 24.4 Å². The molecule has 1 aliphatic rings. The number of hydrogen-bond acceptors (Lipinski definition) is 4. The number of likely N-dealkylation sites (N-methyl/N-ethyl adjacent to an activating group) is 1. The standard InChI is InChI=1S/C16H26N4O.ClH/c1-13(12-20-9-7-19(2)8-10-20)18-16(21)15-5-3-14(11-17)4-6-15;/h3-6,13H,7-12,17H2,1-2H3,(H,18,21);1H. The van der Waals surface area contributed by atoms with E-state index >= 15 is 0 Å². The average Bonchev–Trinajstić information content (AvgIpc) is 2.49. The molecule has 1 amide bonds. The molecule has 6 heteroatoms. The molecule has 1 aromatic carbocycles. The van der Waals surface area contributed by atoms with Crippen molar-refractivity contribution in [1.29, 1.82) is 0 Å². The van der Waals surface area contributed by atoms with Gasteiger partial charge in [-0.1, -0.05) is 12.1 Å². The lowest BCUT2D eigenvalue weighted by molar-refractivity contribution is 0.0914. The number of piperazine rings is 1. The van der Waals surface area contributed by atoms with E-state index in [1.54, 1.807) is 0 Å². The monoisotopic (exact) mass is 326 g/mol. The first-order valence-corrected chi connectivity index (χ1v) is 7.59. The van der Waals surface area contributed by atoms with Crippen molar-refractivity contribution in [3.8, 4) is 0 Å². The molecule has 0 spiro atoms. The quantitative estimate of drug-likeness (QED) is 0.845. The maximum atomic E-state index is 12.2. The number of amides is 1. The van der Waals surface area contributed by atoms with Gasteiger partial charge in [0.15, 0.2) is 0 Å². The Kier molecular flexibility index (Phi) is 7.82. The van der Waals surface area contributed by atoms with Gasteiger partial charge in [-0.2, -0.15) is 0 Å². The molecule has 1 aliphatic heterocycles. The Morgan fingerprint density at radius 2 is 1.82 bits per heavy atom. The summed E-state index contributed by atoms with van der Waals surface area (Å²) in [5.41, 5.74) is 7.29. The lowest BCUT2D eigenvalue weighted by atomic mass is 10.1. The summed E-state index contributed by atoms with van der Waals surface area (Å²) in [4.78, 5) is 16.9. The van der Waals surface area contributed by atoms with Crippen molar-refractivity contribution in [1.82, 2.24) is 15.1 Å². The van der Waals surface area contributed by atoms with Gasteiger partial charge in [0.05, 0.1) is 0 Å². The minimum atomic E-state index is -0.0137. The second-order valence-corrected chi connectivity index (χ2v) is 5.88. The van der Waals surface area contributed by atoms with Gasteiger partial charge in [-0.3, -0.25) is 9.69 Å². The molecule has 0 aromatic heterocycles. The Morgan fingerprint density at radius 3 is 2.36 bits per heavy atom. The first kappa shape index (κ1) is 18.9. The van der Waals surface area contributed by atoms with Gasteiger partial charge in [0, 0.05) is 50.9 Å². The molecule has 0 bridgehead atoms. The minimum absolute atomic E-state index is 0. The lowest BCUT2D eigenvalue weighted by Gasteiger charge is -2.34. The molecule has 1 heterocycles. The molecule has 1 atom stereocenters. The number of halogens is 1. The molecule has 124 valence electrons. The van der Waals surface area contributed by atoms with E-state index in [0.29, 0.717) is 12.1 Å². The normalized spacial score (nSPS) is 17.6. The van der Waals surface area contributed by atoms with Crippen LogP contribution in [-0.4, -0.2) is 61.5 Å². The van der Waals surface area contributed by atoms with Crippen LogP contribution in [0.1, 0.15) is 22.8 Å². The van der Waals surface area contributed by atoms with Crippen LogP contribution in [0.15, 0.2) is 24.3 Å². The lowest BCUT2D eigenvalue weighted by Crippen LogP contribution is -2.49. The van der Waals surface area contributed by atoms with Crippen molar-refractivity contribution < 1.29 is 4.79 Å². The van der Waals surface area contributed by atoms with Gasteiger partial charge in [0.2, 0.25) is 0 Å². The maximum absolute atomic E-state index is 12.2. The summed E-state index contributed by atoms with van der Waals surface area (Å²) in [6.07, 6.45) is 0. The fraction of sp³-hybridized carbons (Fsp3) is 0.562. The average molecular weight is 327 g/mol. The number of nitrogens with one attached hydrogen (secondary N) is 1. The molecule has 0 radical (unpaired) electrons.